The number of fused-ring (bicyclic) bond motifs is 1. The minimum atomic E-state index is -0.483. The van der Waals surface area contributed by atoms with Gasteiger partial charge in [-0.2, -0.15) is 5.26 Å². The summed E-state index contributed by atoms with van der Waals surface area (Å²) < 4.78 is 0. The third-order valence-electron chi connectivity index (χ3n) is 3.48. The van der Waals surface area contributed by atoms with Crippen LogP contribution in [0.15, 0.2) is 0 Å². The van der Waals surface area contributed by atoms with Gasteiger partial charge in [0, 0.05) is 4.88 Å². The van der Waals surface area contributed by atoms with Crippen molar-refractivity contribution in [1.82, 2.24) is 0 Å². The lowest BCUT2D eigenvalue weighted by Crippen LogP contribution is -2.35. The molecule has 1 aromatic rings. The molecule has 1 aromatic heterocycles. The Morgan fingerprint density at radius 2 is 2.37 bits per heavy atom. The van der Waals surface area contributed by atoms with Gasteiger partial charge in [0.15, 0.2) is 0 Å². The molecular formula is C14H19N3OS. The second-order valence-corrected chi connectivity index (χ2v) is 6.02. The van der Waals surface area contributed by atoms with Crippen molar-refractivity contribution in [1.29, 1.82) is 5.26 Å². The summed E-state index contributed by atoms with van der Waals surface area (Å²) in [4.78, 5) is 13.2. The first-order chi connectivity index (χ1) is 9.17. The van der Waals surface area contributed by atoms with Crippen LogP contribution in [0, 0.1) is 11.3 Å². The summed E-state index contributed by atoms with van der Waals surface area (Å²) in [5.74, 6) is -0.176. The van der Waals surface area contributed by atoms with Gasteiger partial charge in [-0.15, -0.1) is 11.3 Å². The van der Waals surface area contributed by atoms with Crippen LogP contribution in [0.1, 0.15) is 48.6 Å². The number of nitrogens with one attached hydrogen (secondary N) is 1. The lowest BCUT2D eigenvalue weighted by atomic mass is 10.1. The van der Waals surface area contributed by atoms with Crippen molar-refractivity contribution in [2.75, 3.05) is 5.32 Å². The maximum atomic E-state index is 12.0. The highest BCUT2D eigenvalue weighted by Gasteiger charge is 2.24. The van der Waals surface area contributed by atoms with Crippen molar-refractivity contribution in [3.8, 4) is 6.07 Å². The van der Waals surface area contributed by atoms with Crippen molar-refractivity contribution in [3.63, 3.8) is 0 Å². The van der Waals surface area contributed by atoms with E-state index in [1.54, 1.807) is 0 Å². The molecule has 0 radical (unpaired) electrons. The highest BCUT2D eigenvalue weighted by atomic mass is 32.1. The van der Waals surface area contributed by atoms with E-state index < -0.39 is 6.04 Å². The Bertz CT molecular complexity index is 515. The number of anilines is 1. The summed E-state index contributed by atoms with van der Waals surface area (Å²) in [6.07, 6.45) is 5.74. The van der Waals surface area contributed by atoms with E-state index in [0.717, 1.165) is 37.7 Å². The molecule has 0 saturated heterocycles. The fraction of sp³-hybridized carbons (Fsp3) is 0.571. The van der Waals surface area contributed by atoms with Crippen molar-refractivity contribution in [2.24, 2.45) is 5.73 Å². The lowest BCUT2D eigenvalue weighted by molar-refractivity contribution is -0.117. The number of amides is 1. The topological polar surface area (TPSA) is 78.9 Å². The van der Waals surface area contributed by atoms with Gasteiger partial charge in [-0.05, 0) is 31.2 Å². The number of carbonyl (C=O) groups excluding carboxylic acids is 1. The van der Waals surface area contributed by atoms with Crippen molar-refractivity contribution in [2.45, 2.75) is 51.5 Å². The van der Waals surface area contributed by atoms with Crippen LogP contribution in [0.4, 0.5) is 5.00 Å². The summed E-state index contributed by atoms with van der Waals surface area (Å²) in [6.45, 7) is 2.07. The molecule has 5 heteroatoms. The molecule has 1 aliphatic carbocycles. The van der Waals surface area contributed by atoms with Crippen LogP contribution < -0.4 is 11.1 Å². The van der Waals surface area contributed by atoms with Gasteiger partial charge in [-0.25, -0.2) is 0 Å². The number of unbranched alkanes of at least 4 members (excludes halogenated alkanes) is 1. The third-order valence-corrected chi connectivity index (χ3v) is 4.68. The van der Waals surface area contributed by atoms with E-state index in [9.17, 15) is 10.1 Å². The van der Waals surface area contributed by atoms with E-state index in [1.807, 2.05) is 0 Å². The first-order valence-electron chi connectivity index (χ1n) is 6.78. The van der Waals surface area contributed by atoms with Gasteiger partial charge in [0.2, 0.25) is 5.91 Å². The first-order valence-corrected chi connectivity index (χ1v) is 7.60. The molecular weight excluding hydrogens is 258 g/mol. The number of hydrogen-bond acceptors (Lipinski definition) is 4. The van der Waals surface area contributed by atoms with E-state index in [2.05, 4.69) is 18.3 Å². The molecule has 4 nitrogen and oxygen atoms in total. The third kappa shape index (κ3) is 2.96. The van der Waals surface area contributed by atoms with Crippen LogP contribution in [-0.2, 0) is 17.6 Å². The van der Waals surface area contributed by atoms with Crippen LogP contribution in [0.25, 0.3) is 0 Å². The Labute approximate surface area is 117 Å². The number of thiophene rings is 1. The maximum Gasteiger partial charge on any atom is 0.241 e. The number of nitrogens with zero attached hydrogens (tertiary/aromatic N) is 1. The van der Waals surface area contributed by atoms with Crippen LogP contribution in [-0.4, -0.2) is 11.9 Å². The van der Waals surface area contributed by atoms with E-state index in [4.69, 9.17) is 5.73 Å². The maximum absolute atomic E-state index is 12.0. The lowest BCUT2D eigenvalue weighted by Gasteiger charge is -2.10. The van der Waals surface area contributed by atoms with E-state index in [0.29, 0.717) is 17.0 Å². The molecule has 2 rings (SSSR count). The van der Waals surface area contributed by atoms with Crippen LogP contribution in [0.2, 0.25) is 0 Å². The van der Waals surface area contributed by atoms with Gasteiger partial charge in [0.05, 0.1) is 11.6 Å². The van der Waals surface area contributed by atoms with Crippen molar-refractivity contribution >= 4 is 22.2 Å². The molecule has 19 heavy (non-hydrogen) atoms. The monoisotopic (exact) mass is 277 g/mol. The molecule has 1 unspecified atom stereocenters. The van der Waals surface area contributed by atoms with Gasteiger partial charge in [0.25, 0.3) is 0 Å². The Hall–Kier alpha value is -1.38. The first kappa shape index (κ1) is 14.0. The summed E-state index contributed by atoms with van der Waals surface area (Å²) in [5, 5.41) is 12.8. The van der Waals surface area contributed by atoms with Crippen LogP contribution in [0.5, 0.6) is 0 Å². The highest BCUT2D eigenvalue weighted by Crippen LogP contribution is 2.38. The number of carbonyl (C=O) groups is 1. The standard InChI is InChI=1S/C14H19N3OS/c1-2-3-6-11(16)13(18)17-14-10(8-15)9-5-4-7-12(9)19-14/h11H,2-7,16H2,1H3,(H,17,18). The zero-order chi connectivity index (χ0) is 13.8. The van der Waals surface area contributed by atoms with Crippen LogP contribution >= 0.6 is 11.3 Å². The molecule has 1 aliphatic rings. The second-order valence-electron chi connectivity index (χ2n) is 4.91. The van der Waals surface area contributed by atoms with Gasteiger partial charge in [0.1, 0.15) is 11.1 Å². The van der Waals surface area contributed by atoms with Gasteiger partial charge in [-0.3, -0.25) is 4.79 Å². The zero-order valence-electron chi connectivity index (χ0n) is 11.2. The number of nitriles is 1. The molecule has 0 aromatic carbocycles. The normalized spacial score (nSPS) is 14.8. The SMILES string of the molecule is CCCCC(N)C(=O)Nc1sc2c(c1C#N)CCC2. The minimum absolute atomic E-state index is 0.176. The molecule has 102 valence electrons. The number of aryl methyl sites for hydroxylation is 1. The fourth-order valence-electron chi connectivity index (χ4n) is 2.37. The molecule has 0 fully saturated rings. The molecule has 0 saturated carbocycles. The predicted octanol–water partition coefficient (Wildman–Crippen LogP) is 2.56. The summed E-state index contributed by atoms with van der Waals surface area (Å²) in [6, 6.07) is 1.74. The quantitative estimate of drug-likeness (QED) is 0.868. The van der Waals surface area contributed by atoms with Gasteiger partial charge in [-0.1, -0.05) is 19.8 Å². The molecule has 0 spiro atoms. The van der Waals surface area contributed by atoms with E-state index >= 15 is 0 Å². The van der Waals surface area contributed by atoms with Crippen molar-refractivity contribution in [3.05, 3.63) is 16.0 Å². The van der Waals surface area contributed by atoms with E-state index in [-0.39, 0.29) is 5.91 Å². The number of rotatable bonds is 5. The summed E-state index contributed by atoms with van der Waals surface area (Å²) in [5.41, 5.74) is 7.62. The molecule has 1 amide bonds. The average Bonchev–Trinajstić information content (AvgIpc) is 2.95. The Kier molecular flexibility index (Phi) is 4.56. The van der Waals surface area contributed by atoms with Gasteiger partial charge < -0.3 is 11.1 Å². The smallest absolute Gasteiger partial charge is 0.241 e. The predicted molar refractivity (Wildman–Crippen MR) is 77.2 cm³/mol. The summed E-state index contributed by atoms with van der Waals surface area (Å²) in [7, 11) is 0. The number of nitrogens with two attached hydrogens (primary N) is 1. The largest absolute Gasteiger partial charge is 0.320 e. The second kappa shape index (κ2) is 6.18. The fourth-order valence-corrected chi connectivity index (χ4v) is 3.61. The zero-order valence-corrected chi connectivity index (χ0v) is 12.0. The Morgan fingerprint density at radius 1 is 1.58 bits per heavy atom. The van der Waals surface area contributed by atoms with Crippen molar-refractivity contribution < 1.29 is 4.79 Å². The Balaban J connectivity index is 2.08. The Morgan fingerprint density at radius 3 is 3.05 bits per heavy atom. The average molecular weight is 277 g/mol. The van der Waals surface area contributed by atoms with Crippen LogP contribution in [0.3, 0.4) is 0 Å². The molecule has 1 atom stereocenters. The highest BCUT2D eigenvalue weighted by molar-refractivity contribution is 7.16. The number of hydrogen-bond donors (Lipinski definition) is 2. The minimum Gasteiger partial charge on any atom is -0.320 e. The molecule has 0 aliphatic heterocycles. The van der Waals surface area contributed by atoms with E-state index in [1.165, 1.54) is 16.2 Å². The molecule has 3 N–H and O–H groups in total. The molecule has 0 bridgehead atoms. The summed E-state index contributed by atoms with van der Waals surface area (Å²) >= 11 is 1.53. The van der Waals surface area contributed by atoms with Gasteiger partial charge >= 0.3 is 0 Å². The molecule has 1 heterocycles.